The second kappa shape index (κ2) is 9.19. The fraction of sp³-hybridized carbons (Fsp3) is 0.269. The Hall–Kier alpha value is -3.45. The molecule has 6 nitrogen and oxygen atoms in total. The molecule has 0 radical (unpaired) electrons. The monoisotopic (exact) mass is 459 g/mol. The summed E-state index contributed by atoms with van der Waals surface area (Å²) in [6.45, 7) is 3.36. The number of carbonyl (C=O) groups excluding carboxylic acids is 2. The molecule has 5 rings (SSSR count). The van der Waals surface area contributed by atoms with Crippen LogP contribution in [-0.2, 0) is 11.3 Å². The Kier molecular flexibility index (Phi) is 5.96. The Bertz CT molecular complexity index is 1300. The molecule has 168 valence electrons. The van der Waals surface area contributed by atoms with Gasteiger partial charge in [0.05, 0.1) is 17.5 Å². The highest BCUT2D eigenvalue weighted by molar-refractivity contribution is 7.09. The third-order valence-corrected chi connectivity index (χ3v) is 6.84. The van der Waals surface area contributed by atoms with E-state index in [4.69, 9.17) is 4.42 Å². The summed E-state index contributed by atoms with van der Waals surface area (Å²) in [6, 6.07) is 17.4. The molecule has 1 aliphatic heterocycles. The number of furan rings is 1. The fourth-order valence-electron chi connectivity index (χ4n) is 4.36. The van der Waals surface area contributed by atoms with Crippen molar-refractivity contribution in [3.63, 3.8) is 0 Å². The van der Waals surface area contributed by atoms with Crippen LogP contribution in [0.15, 0.2) is 64.4 Å². The van der Waals surface area contributed by atoms with Crippen molar-refractivity contribution in [2.75, 3.05) is 13.1 Å². The minimum absolute atomic E-state index is 0.0152. The number of aromatic nitrogens is 1. The highest BCUT2D eigenvalue weighted by Crippen LogP contribution is 2.25. The summed E-state index contributed by atoms with van der Waals surface area (Å²) in [7, 11) is 0. The Labute approximate surface area is 196 Å². The van der Waals surface area contributed by atoms with Gasteiger partial charge in [0.25, 0.3) is 5.91 Å². The van der Waals surface area contributed by atoms with Gasteiger partial charge in [-0.05, 0) is 48.7 Å². The summed E-state index contributed by atoms with van der Waals surface area (Å²) in [5.74, 6) is 1.09. The van der Waals surface area contributed by atoms with Crippen molar-refractivity contribution in [3.05, 3.63) is 76.3 Å². The van der Waals surface area contributed by atoms with Gasteiger partial charge in [-0.1, -0.05) is 36.4 Å². The van der Waals surface area contributed by atoms with E-state index < -0.39 is 0 Å². The number of piperidine rings is 1. The number of amides is 2. The lowest BCUT2D eigenvalue weighted by Gasteiger charge is -2.32. The maximum atomic E-state index is 13.3. The molecule has 3 heterocycles. The number of benzene rings is 2. The Balaban J connectivity index is 1.22. The van der Waals surface area contributed by atoms with Gasteiger partial charge in [-0.15, -0.1) is 11.3 Å². The highest BCUT2D eigenvalue weighted by Gasteiger charge is 2.29. The number of thiazole rings is 1. The van der Waals surface area contributed by atoms with Gasteiger partial charge in [0.1, 0.15) is 11.5 Å². The molecule has 1 saturated heterocycles. The largest absolute Gasteiger partial charge is 0.458 e. The maximum Gasteiger partial charge on any atom is 0.254 e. The van der Waals surface area contributed by atoms with Crippen LogP contribution in [0.25, 0.3) is 22.2 Å². The van der Waals surface area contributed by atoms with Crippen LogP contribution in [-0.4, -0.2) is 34.8 Å². The summed E-state index contributed by atoms with van der Waals surface area (Å²) in [5.41, 5.74) is 1.50. The van der Waals surface area contributed by atoms with E-state index in [0.29, 0.717) is 36.7 Å². The van der Waals surface area contributed by atoms with Crippen LogP contribution in [0.3, 0.4) is 0 Å². The van der Waals surface area contributed by atoms with E-state index >= 15 is 0 Å². The lowest BCUT2D eigenvalue weighted by atomic mass is 9.95. The quantitative estimate of drug-likeness (QED) is 0.454. The molecule has 2 amide bonds. The number of aryl methyl sites for hydroxylation is 1. The molecular weight excluding hydrogens is 434 g/mol. The zero-order valence-corrected chi connectivity index (χ0v) is 19.2. The van der Waals surface area contributed by atoms with E-state index in [2.05, 4.69) is 10.3 Å². The van der Waals surface area contributed by atoms with Gasteiger partial charge in [0.2, 0.25) is 5.91 Å². The van der Waals surface area contributed by atoms with Crippen LogP contribution in [0.2, 0.25) is 0 Å². The highest BCUT2D eigenvalue weighted by atomic mass is 32.1. The number of carbonyl (C=O) groups is 2. The molecule has 1 fully saturated rings. The standard InChI is InChI=1S/C26H25N3O3S/c1-17-28-23(16-33-17)24-12-11-20(32-24)14-27-25(30)19-8-5-13-29(15-19)26(31)22-10-4-7-18-6-2-3-9-21(18)22/h2-4,6-7,9-12,16,19H,5,8,13-15H2,1H3,(H,27,30)/t19-/m0/s1. The summed E-state index contributed by atoms with van der Waals surface area (Å²) in [5, 5.41) is 7.91. The molecule has 2 aromatic carbocycles. The molecular formula is C26H25N3O3S. The average Bonchev–Trinajstić information content (AvgIpc) is 3.50. The number of rotatable bonds is 5. The van der Waals surface area contributed by atoms with Crippen molar-refractivity contribution >= 4 is 33.9 Å². The van der Waals surface area contributed by atoms with Crippen LogP contribution >= 0.6 is 11.3 Å². The normalized spacial score (nSPS) is 16.2. The van der Waals surface area contributed by atoms with Crippen LogP contribution < -0.4 is 5.32 Å². The van der Waals surface area contributed by atoms with Crippen molar-refractivity contribution in [1.82, 2.24) is 15.2 Å². The third-order valence-electron chi connectivity index (χ3n) is 6.07. The van der Waals surface area contributed by atoms with Crippen molar-refractivity contribution in [2.24, 2.45) is 5.92 Å². The summed E-state index contributed by atoms with van der Waals surface area (Å²) >= 11 is 1.57. The first-order valence-corrected chi connectivity index (χ1v) is 12.0. The minimum atomic E-state index is -0.228. The predicted molar refractivity (Wildman–Crippen MR) is 129 cm³/mol. The van der Waals surface area contributed by atoms with Crippen LogP contribution in [0, 0.1) is 12.8 Å². The number of fused-ring (bicyclic) bond motifs is 1. The summed E-state index contributed by atoms with van der Waals surface area (Å²) in [6.07, 6.45) is 1.58. The second-order valence-electron chi connectivity index (χ2n) is 8.35. The average molecular weight is 460 g/mol. The van der Waals surface area contributed by atoms with Crippen molar-refractivity contribution in [1.29, 1.82) is 0 Å². The number of nitrogens with one attached hydrogen (secondary N) is 1. The van der Waals surface area contributed by atoms with Crippen molar-refractivity contribution in [3.8, 4) is 11.5 Å². The molecule has 4 aromatic rings. The van der Waals surface area contributed by atoms with Gasteiger partial charge in [0.15, 0.2) is 5.76 Å². The predicted octanol–water partition coefficient (Wildman–Crippen LogP) is 5.03. The Morgan fingerprint density at radius 2 is 2.00 bits per heavy atom. The van der Waals surface area contributed by atoms with Crippen LogP contribution in [0.5, 0.6) is 0 Å². The van der Waals surface area contributed by atoms with E-state index in [1.165, 1.54) is 0 Å². The first-order valence-electron chi connectivity index (χ1n) is 11.1. The summed E-state index contributed by atoms with van der Waals surface area (Å²) in [4.78, 5) is 32.4. The fourth-order valence-corrected chi connectivity index (χ4v) is 4.97. The van der Waals surface area contributed by atoms with Crippen molar-refractivity contribution < 1.29 is 14.0 Å². The van der Waals surface area contributed by atoms with Crippen LogP contribution in [0.1, 0.15) is 34.0 Å². The Morgan fingerprint density at radius 1 is 1.15 bits per heavy atom. The topological polar surface area (TPSA) is 75.4 Å². The van der Waals surface area contributed by atoms with E-state index in [0.717, 1.165) is 34.3 Å². The van der Waals surface area contributed by atoms with E-state index in [9.17, 15) is 9.59 Å². The second-order valence-corrected chi connectivity index (χ2v) is 9.41. The zero-order valence-electron chi connectivity index (χ0n) is 18.4. The molecule has 0 unspecified atom stereocenters. The molecule has 2 aromatic heterocycles. The number of likely N-dealkylation sites (tertiary alicyclic amines) is 1. The van der Waals surface area contributed by atoms with Gasteiger partial charge in [-0.25, -0.2) is 4.98 Å². The Morgan fingerprint density at radius 3 is 2.85 bits per heavy atom. The molecule has 1 aliphatic rings. The SMILES string of the molecule is Cc1nc(-c2ccc(CNC(=O)[C@H]3CCCN(C(=O)c4cccc5ccccc45)C3)o2)cs1. The molecule has 0 aliphatic carbocycles. The number of nitrogens with zero attached hydrogens (tertiary/aromatic N) is 2. The first kappa shape index (κ1) is 21.4. The smallest absolute Gasteiger partial charge is 0.254 e. The van der Waals surface area contributed by atoms with Gasteiger partial charge in [-0.2, -0.15) is 0 Å². The third kappa shape index (κ3) is 4.54. The minimum Gasteiger partial charge on any atom is -0.458 e. The van der Waals surface area contributed by atoms with Crippen LogP contribution in [0.4, 0.5) is 0 Å². The molecule has 0 saturated carbocycles. The first-order chi connectivity index (χ1) is 16.1. The molecule has 7 heteroatoms. The number of hydrogen-bond donors (Lipinski definition) is 1. The van der Waals surface area contributed by atoms with Crippen molar-refractivity contribution in [2.45, 2.75) is 26.3 Å². The number of hydrogen-bond acceptors (Lipinski definition) is 5. The van der Waals surface area contributed by atoms with Gasteiger partial charge >= 0.3 is 0 Å². The molecule has 33 heavy (non-hydrogen) atoms. The van der Waals surface area contributed by atoms with E-state index in [-0.39, 0.29) is 17.7 Å². The van der Waals surface area contributed by atoms with E-state index in [1.54, 1.807) is 11.3 Å². The lowest BCUT2D eigenvalue weighted by Crippen LogP contribution is -2.45. The van der Waals surface area contributed by atoms with Gasteiger partial charge in [0, 0.05) is 24.0 Å². The lowest BCUT2D eigenvalue weighted by molar-refractivity contribution is -0.126. The van der Waals surface area contributed by atoms with Gasteiger partial charge in [-0.3, -0.25) is 9.59 Å². The zero-order chi connectivity index (χ0) is 22.8. The molecule has 1 N–H and O–H groups in total. The molecule has 0 spiro atoms. The molecule has 0 bridgehead atoms. The maximum absolute atomic E-state index is 13.3. The van der Waals surface area contributed by atoms with Gasteiger partial charge < -0.3 is 14.6 Å². The molecule has 1 atom stereocenters. The van der Waals surface area contributed by atoms with E-state index in [1.807, 2.05) is 71.8 Å². The summed E-state index contributed by atoms with van der Waals surface area (Å²) < 4.78 is 5.84.